The lowest BCUT2D eigenvalue weighted by Crippen LogP contribution is -2.52. The minimum Gasteiger partial charge on any atom is -0.444 e. The fourth-order valence-corrected chi connectivity index (χ4v) is 2.92. The van der Waals surface area contributed by atoms with E-state index in [1.807, 2.05) is 0 Å². The van der Waals surface area contributed by atoms with Gasteiger partial charge in [0.2, 0.25) is 5.91 Å². The van der Waals surface area contributed by atoms with Gasteiger partial charge in [-0.25, -0.2) is 13.6 Å². The number of carbonyl (C=O) groups is 2. The molecule has 2 rings (SSSR count). The lowest BCUT2D eigenvalue weighted by Gasteiger charge is -2.40. The van der Waals surface area contributed by atoms with Crippen molar-refractivity contribution in [2.24, 2.45) is 5.73 Å². The van der Waals surface area contributed by atoms with Crippen molar-refractivity contribution in [3.8, 4) is 0 Å². The molecule has 0 aliphatic carbocycles. The largest absolute Gasteiger partial charge is 0.444 e. The zero-order valence-corrected chi connectivity index (χ0v) is 14.1. The van der Waals surface area contributed by atoms with E-state index in [1.165, 1.54) is 11.0 Å². The van der Waals surface area contributed by atoms with Crippen LogP contribution in [-0.4, -0.2) is 35.6 Å². The smallest absolute Gasteiger partial charge is 0.410 e. The second kappa shape index (κ2) is 6.37. The van der Waals surface area contributed by atoms with Crippen LogP contribution in [0.4, 0.5) is 13.6 Å². The van der Waals surface area contributed by atoms with Crippen molar-refractivity contribution in [1.29, 1.82) is 0 Å². The van der Waals surface area contributed by atoms with E-state index in [9.17, 15) is 18.4 Å². The summed E-state index contributed by atoms with van der Waals surface area (Å²) in [4.78, 5) is 25.6. The van der Waals surface area contributed by atoms with Gasteiger partial charge in [-0.05, 0) is 39.7 Å². The topological polar surface area (TPSA) is 72.6 Å². The summed E-state index contributed by atoms with van der Waals surface area (Å²) in [5.74, 6) is -2.21. The maximum Gasteiger partial charge on any atom is 0.410 e. The number of likely N-dealkylation sites (tertiary alicyclic amines) is 1. The van der Waals surface area contributed by atoms with Crippen LogP contribution in [0.5, 0.6) is 0 Å². The molecule has 1 heterocycles. The molecule has 1 aliphatic heterocycles. The monoisotopic (exact) mass is 340 g/mol. The van der Waals surface area contributed by atoms with Gasteiger partial charge < -0.3 is 15.4 Å². The summed E-state index contributed by atoms with van der Waals surface area (Å²) in [6.45, 7) is 5.69. The van der Waals surface area contributed by atoms with Crippen molar-refractivity contribution < 1.29 is 23.1 Å². The van der Waals surface area contributed by atoms with Gasteiger partial charge in [-0.2, -0.15) is 0 Å². The van der Waals surface area contributed by atoms with Gasteiger partial charge in [-0.15, -0.1) is 0 Å². The van der Waals surface area contributed by atoms with Crippen LogP contribution in [0.15, 0.2) is 18.2 Å². The van der Waals surface area contributed by atoms with E-state index in [0.717, 1.165) is 12.1 Å². The number of hydrogen-bond donors (Lipinski definition) is 1. The number of rotatable bonds is 2. The van der Waals surface area contributed by atoms with E-state index in [4.69, 9.17) is 10.5 Å². The molecule has 2 N–H and O–H groups in total. The van der Waals surface area contributed by atoms with Crippen molar-refractivity contribution in [1.82, 2.24) is 4.90 Å². The molecule has 0 bridgehead atoms. The zero-order chi connectivity index (χ0) is 18.1. The zero-order valence-electron chi connectivity index (χ0n) is 14.1. The summed E-state index contributed by atoms with van der Waals surface area (Å²) in [5, 5.41) is 0. The second-order valence-corrected chi connectivity index (χ2v) is 7.04. The van der Waals surface area contributed by atoms with Crippen molar-refractivity contribution >= 4 is 12.0 Å². The molecule has 1 saturated heterocycles. The summed E-state index contributed by atoms with van der Waals surface area (Å²) in [7, 11) is 0. The molecule has 0 atom stereocenters. The summed E-state index contributed by atoms with van der Waals surface area (Å²) in [6.07, 6.45) is -0.172. The van der Waals surface area contributed by atoms with E-state index < -0.39 is 34.7 Å². The molecule has 7 heteroatoms. The maximum absolute atomic E-state index is 14.2. The van der Waals surface area contributed by atoms with E-state index in [-0.39, 0.29) is 31.5 Å². The third-order valence-corrected chi connectivity index (χ3v) is 4.19. The van der Waals surface area contributed by atoms with Gasteiger partial charge in [0.05, 0.1) is 5.41 Å². The Morgan fingerprint density at radius 3 is 2.25 bits per heavy atom. The molecule has 0 radical (unpaired) electrons. The van der Waals surface area contributed by atoms with Crippen LogP contribution >= 0.6 is 0 Å². The Morgan fingerprint density at radius 1 is 1.21 bits per heavy atom. The SMILES string of the molecule is CC(C)(C)OC(=O)N1CCC(C(N)=O)(c2ccc(F)cc2F)CC1. The first-order valence-corrected chi connectivity index (χ1v) is 7.78. The molecule has 0 saturated carbocycles. The Balaban J connectivity index is 2.21. The highest BCUT2D eigenvalue weighted by Gasteiger charge is 2.44. The highest BCUT2D eigenvalue weighted by Crippen LogP contribution is 2.37. The number of amides is 2. The van der Waals surface area contributed by atoms with Gasteiger partial charge in [0, 0.05) is 24.7 Å². The third kappa shape index (κ3) is 3.66. The summed E-state index contributed by atoms with van der Waals surface area (Å²) in [6, 6.07) is 3.09. The molecule has 1 aromatic rings. The second-order valence-electron chi connectivity index (χ2n) is 7.04. The average Bonchev–Trinajstić information content (AvgIpc) is 2.45. The van der Waals surface area contributed by atoms with E-state index in [1.54, 1.807) is 20.8 Å². The van der Waals surface area contributed by atoms with Gasteiger partial charge >= 0.3 is 6.09 Å². The number of ether oxygens (including phenoxy) is 1. The molecule has 1 aromatic carbocycles. The van der Waals surface area contributed by atoms with Crippen LogP contribution in [0.1, 0.15) is 39.2 Å². The van der Waals surface area contributed by atoms with Gasteiger partial charge in [0.25, 0.3) is 0 Å². The van der Waals surface area contributed by atoms with Crippen LogP contribution in [0.3, 0.4) is 0 Å². The van der Waals surface area contributed by atoms with Gasteiger partial charge in [-0.1, -0.05) is 6.07 Å². The normalized spacial score (nSPS) is 17.5. The number of benzene rings is 1. The van der Waals surface area contributed by atoms with Crippen molar-refractivity contribution in [3.63, 3.8) is 0 Å². The number of primary amides is 1. The van der Waals surface area contributed by atoms with E-state index in [2.05, 4.69) is 0 Å². The first-order chi connectivity index (χ1) is 11.0. The highest BCUT2D eigenvalue weighted by atomic mass is 19.1. The fraction of sp³-hybridized carbons (Fsp3) is 0.529. The number of nitrogens with two attached hydrogens (primary N) is 1. The highest BCUT2D eigenvalue weighted by molar-refractivity contribution is 5.87. The fourth-order valence-electron chi connectivity index (χ4n) is 2.92. The Kier molecular flexibility index (Phi) is 4.82. The first-order valence-electron chi connectivity index (χ1n) is 7.78. The maximum atomic E-state index is 14.2. The molecule has 132 valence electrons. The van der Waals surface area contributed by atoms with Gasteiger partial charge in [0.15, 0.2) is 0 Å². The molecule has 5 nitrogen and oxygen atoms in total. The summed E-state index contributed by atoms with van der Waals surface area (Å²) >= 11 is 0. The molecule has 0 spiro atoms. The van der Waals surface area contributed by atoms with Gasteiger partial charge in [0.1, 0.15) is 17.2 Å². The Labute approximate surface area is 139 Å². The molecule has 1 fully saturated rings. The Morgan fingerprint density at radius 2 is 1.79 bits per heavy atom. The third-order valence-electron chi connectivity index (χ3n) is 4.19. The van der Waals surface area contributed by atoms with E-state index in [0.29, 0.717) is 0 Å². The summed E-state index contributed by atoms with van der Waals surface area (Å²) in [5.41, 5.74) is 3.72. The van der Waals surface area contributed by atoms with Crippen LogP contribution in [0.2, 0.25) is 0 Å². The Bertz CT molecular complexity index is 648. The number of halogens is 2. The average molecular weight is 340 g/mol. The lowest BCUT2D eigenvalue weighted by molar-refractivity contribution is -0.125. The molecule has 2 amide bonds. The molecular formula is C17H22F2N2O3. The quantitative estimate of drug-likeness (QED) is 0.900. The standard InChI is InChI=1S/C17H22F2N2O3/c1-16(2,3)24-15(23)21-8-6-17(7-9-21,14(20)22)12-5-4-11(18)10-13(12)19/h4-5,10H,6-9H2,1-3H3,(H2,20,22). The van der Waals surface area contributed by atoms with E-state index >= 15 is 0 Å². The van der Waals surface area contributed by atoms with Crippen LogP contribution in [0, 0.1) is 11.6 Å². The minimum absolute atomic E-state index is 0.0697. The predicted molar refractivity (Wildman–Crippen MR) is 84.3 cm³/mol. The van der Waals surface area contributed by atoms with Crippen LogP contribution in [0.25, 0.3) is 0 Å². The van der Waals surface area contributed by atoms with Crippen molar-refractivity contribution in [2.75, 3.05) is 13.1 Å². The molecule has 1 aliphatic rings. The number of nitrogens with zero attached hydrogens (tertiary/aromatic N) is 1. The molecule has 0 unspecified atom stereocenters. The first kappa shape index (κ1) is 18.2. The lowest BCUT2D eigenvalue weighted by atomic mass is 9.72. The minimum atomic E-state index is -1.25. The molecule has 0 aromatic heterocycles. The molecule has 24 heavy (non-hydrogen) atoms. The molecular weight excluding hydrogens is 318 g/mol. The van der Waals surface area contributed by atoms with Gasteiger partial charge in [-0.3, -0.25) is 4.79 Å². The van der Waals surface area contributed by atoms with Crippen molar-refractivity contribution in [3.05, 3.63) is 35.4 Å². The van der Waals surface area contributed by atoms with Crippen LogP contribution in [-0.2, 0) is 14.9 Å². The number of hydrogen-bond acceptors (Lipinski definition) is 3. The summed E-state index contributed by atoms with van der Waals surface area (Å²) < 4.78 is 32.6. The number of carbonyl (C=O) groups excluding carboxylic acids is 2. The van der Waals surface area contributed by atoms with Crippen molar-refractivity contribution in [2.45, 2.75) is 44.6 Å². The number of piperidine rings is 1. The Hall–Kier alpha value is -2.18. The van der Waals surface area contributed by atoms with Crippen LogP contribution < -0.4 is 5.73 Å². The predicted octanol–water partition coefficient (Wildman–Crippen LogP) is 2.72.